The number of nitrogens with zero attached hydrogens (tertiary/aromatic N) is 4. The number of nitrogens with one attached hydrogen (secondary N) is 1. The van der Waals surface area contributed by atoms with Gasteiger partial charge in [-0.05, 0) is 13.0 Å². The Kier molecular flexibility index (Phi) is 3.70. The summed E-state index contributed by atoms with van der Waals surface area (Å²) in [6.07, 6.45) is 3.35. The number of carbonyl (C=O) groups excluding carboxylic acids is 1. The quantitative estimate of drug-likeness (QED) is 0.891. The Bertz CT molecular complexity index is 606. The number of carbonyl (C=O) groups is 1. The molecule has 1 fully saturated rings. The van der Waals surface area contributed by atoms with Gasteiger partial charge >= 0.3 is 0 Å². The van der Waals surface area contributed by atoms with Crippen LogP contribution in [0.2, 0.25) is 0 Å². The molecule has 1 aliphatic heterocycles. The van der Waals surface area contributed by atoms with E-state index in [0.717, 1.165) is 31.9 Å². The van der Waals surface area contributed by atoms with Gasteiger partial charge < -0.3 is 10.2 Å². The second-order valence-electron chi connectivity index (χ2n) is 4.55. The van der Waals surface area contributed by atoms with Gasteiger partial charge in [-0.1, -0.05) is 0 Å². The van der Waals surface area contributed by atoms with Crippen LogP contribution in [0.3, 0.4) is 0 Å². The summed E-state index contributed by atoms with van der Waals surface area (Å²) in [5.74, 6) is 0.628. The van der Waals surface area contributed by atoms with Crippen LogP contribution in [-0.4, -0.2) is 51.9 Å². The zero-order valence-corrected chi connectivity index (χ0v) is 12.0. The van der Waals surface area contributed by atoms with E-state index in [9.17, 15) is 4.79 Å². The fourth-order valence-corrected chi connectivity index (χ4v) is 3.09. The molecule has 2 aromatic heterocycles. The zero-order chi connectivity index (χ0) is 13.9. The summed E-state index contributed by atoms with van der Waals surface area (Å²) in [7, 11) is 0. The molecular weight excluding hydrogens is 274 g/mol. The third-order valence-electron chi connectivity index (χ3n) is 3.15. The van der Waals surface area contributed by atoms with Gasteiger partial charge in [-0.2, -0.15) is 0 Å². The van der Waals surface area contributed by atoms with Crippen molar-refractivity contribution < 1.29 is 4.79 Å². The molecule has 0 bridgehead atoms. The van der Waals surface area contributed by atoms with Crippen LogP contribution in [0.5, 0.6) is 0 Å². The third-order valence-corrected chi connectivity index (χ3v) is 4.29. The van der Waals surface area contributed by atoms with Crippen LogP contribution < -0.4 is 5.32 Å². The van der Waals surface area contributed by atoms with Crippen LogP contribution in [0.1, 0.15) is 15.4 Å². The Morgan fingerprint density at radius 1 is 1.30 bits per heavy atom. The van der Waals surface area contributed by atoms with Gasteiger partial charge in [0.25, 0.3) is 5.91 Å². The lowest BCUT2D eigenvalue weighted by Crippen LogP contribution is -2.46. The molecule has 0 aromatic carbocycles. The number of aromatic nitrogens is 3. The van der Waals surface area contributed by atoms with E-state index >= 15 is 0 Å². The number of thiazole rings is 1. The highest BCUT2D eigenvalue weighted by Crippen LogP contribution is 2.26. The molecule has 1 aliphatic rings. The Morgan fingerprint density at radius 2 is 2.00 bits per heavy atom. The SMILES string of the molecule is Cc1nc(-c2ncccn2)sc1C(=O)N1CCNCC1. The van der Waals surface area contributed by atoms with Gasteiger partial charge in [-0.15, -0.1) is 11.3 Å². The van der Waals surface area contributed by atoms with E-state index in [4.69, 9.17) is 0 Å². The maximum atomic E-state index is 12.5. The van der Waals surface area contributed by atoms with Crippen LogP contribution in [0.4, 0.5) is 0 Å². The molecule has 0 spiro atoms. The fraction of sp³-hybridized carbons (Fsp3) is 0.385. The van der Waals surface area contributed by atoms with E-state index in [1.54, 1.807) is 18.5 Å². The minimum atomic E-state index is 0.0590. The molecule has 1 N–H and O–H groups in total. The number of rotatable bonds is 2. The first kappa shape index (κ1) is 13.1. The standard InChI is InChI=1S/C13H15N5OS/c1-9-10(13(19)18-7-5-14-6-8-18)20-12(17-9)11-15-3-2-4-16-11/h2-4,14H,5-8H2,1H3. The highest BCUT2D eigenvalue weighted by molar-refractivity contribution is 7.17. The van der Waals surface area contributed by atoms with Gasteiger partial charge in [-0.3, -0.25) is 4.79 Å². The van der Waals surface area contributed by atoms with Crippen LogP contribution in [0.25, 0.3) is 10.8 Å². The molecule has 0 unspecified atom stereocenters. The predicted octanol–water partition coefficient (Wildman–Crippen LogP) is 0.954. The van der Waals surface area contributed by atoms with Gasteiger partial charge in [0.1, 0.15) is 4.88 Å². The number of amides is 1. The lowest BCUT2D eigenvalue weighted by atomic mass is 10.3. The van der Waals surface area contributed by atoms with Crippen LogP contribution >= 0.6 is 11.3 Å². The van der Waals surface area contributed by atoms with Crippen molar-refractivity contribution in [3.05, 3.63) is 29.0 Å². The summed E-state index contributed by atoms with van der Waals surface area (Å²) in [5, 5.41) is 3.94. The van der Waals surface area contributed by atoms with Crippen molar-refractivity contribution in [1.82, 2.24) is 25.2 Å². The first-order valence-electron chi connectivity index (χ1n) is 6.50. The van der Waals surface area contributed by atoms with Crippen molar-refractivity contribution >= 4 is 17.2 Å². The molecular formula is C13H15N5OS. The van der Waals surface area contributed by atoms with Crippen LogP contribution in [-0.2, 0) is 0 Å². The molecule has 0 aliphatic carbocycles. The zero-order valence-electron chi connectivity index (χ0n) is 11.2. The number of piperazine rings is 1. The molecule has 104 valence electrons. The first-order chi connectivity index (χ1) is 9.75. The third kappa shape index (κ3) is 2.54. The number of hydrogen-bond donors (Lipinski definition) is 1. The van der Waals surface area contributed by atoms with E-state index in [1.807, 2.05) is 11.8 Å². The highest BCUT2D eigenvalue weighted by Gasteiger charge is 2.23. The minimum Gasteiger partial charge on any atom is -0.335 e. The van der Waals surface area contributed by atoms with Gasteiger partial charge in [0.15, 0.2) is 10.8 Å². The molecule has 3 heterocycles. The van der Waals surface area contributed by atoms with E-state index < -0.39 is 0 Å². The summed E-state index contributed by atoms with van der Waals surface area (Å²) < 4.78 is 0. The molecule has 3 rings (SSSR count). The van der Waals surface area contributed by atoms with Crippen LogP contribution in [0.15, 0.2) is 18.5 Å². The van der Waals surface area contributed by atoms with Crippen molar-refractivity contribution in [1.29, 1.82) is 0 Å². The van der Waals surface area contributed by atoms with Gasteiger partial charge in [0.05, 0.1) is 5.69 Å². The van der Waals surface area contributed by atoms with Crippen molar-refractivity contribution in [2.75, 3.05) is 26.2 Å². The smallest absolute Gasteiger partial charge is 0.265 e. The average Bonchev–Trinajstić information content (AvgIpc) is 2.90. The Labute approximate surface area is 120 Å². The van der Waals surface area contributed by atoms with Gasteiger partial charge in [-0.25, -0.2) is 15.0 Å². The molecule has 20 heavy (non-hydrogen) atoms. The Morgan fingerprint density at radius 3 is 2.70 bits per heavy atom. The monoisotopic (exact) mass is 289 g/mol. The number of aryl methyl sites for hydroxylation is 1. The average molecular weight is 289 g/mol. The summed E-state index contributed by atoms with van der Waals surface area (Å²) >= 11 is 1.37. The second-order valence-corrected chi connectivity index (χ2v) is 5.55. The van der Waals surface area contributed by atoms with Crippen molar-refractivity contribution in [3.8, 4) is 10.8 Å². The largest absolute Gasteiger partial charge is 0.335 e. The molecule has 0 radical (unpaired) electrons. The molecule has 1 saturated heterocycles. The van der Waals surface area contributed by atoms with Crippen molar-refractivity contribution in [2.45, 2.75) is 6.92 Å². The molecule has 6 nitrogen and oxygen atoms in total. The summed E-state index contributed by atoms with van der Waals surface area (Å²) in [6.45, 7) is 5.04. The second kappa shape index (κ2) is 5.64. The Balaban J connectivity index is 1.87. The summed E-state index contributed by atoms with van der Waals surface area (Å²) in [4.78, 5) is 27.8. The van der Waals surface area contributed by atoms with Crippen molar-refractivity contribution in [2.24, 2.45) is 0 Å². The van der Waals surface area contributed by atoms with Crippen molar-refractivity contribution in [3.63, 3.8) is 0 Å². The normalized spacial score (nSPS) is 15.3. The van der Waals surface area contributed by atoms with Crippen LogP contribution in [0, 0.1) is 6.92 Å². The fourth-order valence-electron chi connectivity index (χ4n) is 2.11. The highest BCUT2D eigenvalue weighted by atomic mass is 32.1. The summed E-state index contributed by atoms with van der Waals surface area (Å²) in [5.41, 5.74) is 0.751. The molecule has 1 amide bonds. The van der Waals surface area contributed by atoms with E-state index in [0.29, 0.717) is 15.7 Å². The topological polar surface area (TPSA) is 71.0 Å². The van der Waals surface area contributed by atoms with Gasteiger partial charge in [0, 0.05) is 38.6 Å². The molecule has 0 saturated carbocycles. The predicted molar refractivity (Wildman–Crippen MR) is 76.7 cm³/mol. The first-order valence-corrected chi connectivity index (χ1v) is 7.32. The summed E-state index contributed by atoms with van der Waals surface area (Å²) in [6, 6.07) is 1.76. The maximum absolute atomic E-state index is 12.5. The van der Waals surface area contributed by atoms with Gasteiger partial charge in [0.2, 0.25) is 0 Å². The lowest BCUT2D eigenvalue weighted by Gasteiger charge is -2.26. The van der Waals surface area contributed by atoms with E-state index in [1.165, 1.54) is 11.3 Å². The minimum absolute atomic E-state index is 0.0590. The molecule has 2 aromatic rings. The van der Waals surface area contributed by atoms with E-state index in [2.05, 4.69) is 20.3 Å². The molecule has 0 atom stereocenters. The Hall–Kier alpha value is -1.86. The lowest BCUT2D eigenvalue weighted by molar-refractivity contribution is 0.0740. The maximum Gasteiger partial charge on any atom is 0.265 e. The molecule has 7 heteroatoms. The number of hydrogen-bond acceptors (Lipinski definition) is 6. The van der Waals surface area contributed by atoms with E-state index in [-0.39, 0.29) is 5.91 Å².